The quantitative estimate of drug-likeness (QED) is 0.611. The van der Waals surface area contributed by atoms with Gasteiger partial charge in [-0.1, -0.05) is 20.3 Å². The second kappa shape index (κ2) is 6.32. The van der Waals surface area contributed by atoms with Crippen molar-refractivity contribution in [1.82, 2.24) is 21.3 Å². The SMILES string of the molecule is CCCC(C)C(=O)NNC(=O)N1CCCN1. The zero-order valence-electron chi connectivity index (χ0n) is 9.88. The van der Waals surface area contributed by atoms with Gasteiger partial charge in [0.1, 0.15) is 0 Å². The Labute approximate surface area is 95.7 Å². The molecule has 0 saturated carbocycles. The molecule has 1 fully saturated rings. The molecule has 3 N–H and O–H groups in total. The van der Waals surface area contributed by atoms with Gasteiger partial charge in [0.15, 0.2) is 0 Å². The Morgan fingerprint density at radius 2 is 2.19 bits per heavy atom. The van der Waals surface area contributed by atoms with Gasteiger partial charge in [-0.2, -0.15) is 0 Å². The van der Waals surface area contributed by atoms with Gasteiger partial charge in [0, 0.05) is 19.0 Å². The van der Waals surface area contributed by atoms with E-state index in [0.717, 1.165) is 25.8 Å². The highest BCUT2D eigenvalue weighted by molar-refractivity contribution is 5.82. The number of amides is 3. The fourth-order valence-electron chi connectivity index (χ4n) is 1.57. The molecule has 1 unspecified atom stereocenters. The number of carbonyl (C=O) groups is 2. The molecule has 6 heteroatoms. The molecule has 1 heterocycles. The van der Waals surface area contributed by atoms with Crippen LogP contribution in [0.5, 0.6) is 0 Å². The van der Waals surface area contributed by atoms with E-state index in [1.165, 1.54) is 5.01 Å². The van der Waals surface area contributed by atoms with Gasteiger partial charge in [0.05, 0.1) is 0 Å². The number of hydrogen-bond donors (Lipinski definition) is 3. The summed E-state index contributed by atoms with van der Waals surface area (Å²) in [5, 5.41) is 1.46. The van der Waals surface area contributed by atoms with Crippen LogP contribution >= 0.6 is 0 Å². The summed E-state index contributed by atoms with van der Waals surface area (Å²) in [5.41, 5.74) is 7.72. The van der Waals surface area contributed by atoms with Crippen LogP contribution in [0.2, 0.25) is 0 Å². The molecular weight excluding hydrogens is 208 g/mol. The molecule has 1 aliphatic rings. The maximum Gasteiger partial charge on any atom is 0.350 e. The Morgan fingerprint density at radius 1 is 1.44 bits per heavy atom. The van der Waals surface area contributed by atoms with E-state index in [-0.39, 0.29) is 17.9 Å². The lowest BCUT2D eigenvalue weighted by Gasteiger charge is -2.18. The number of nitrogens with one attached hydrogen (secondary N) is 3. The minimum atomic E-state index is -0.311. The molecule has 0 spiro atoms. The summed E-state index contributed by atoms with van der Waals surface area (Å²) in [7, 11) is 0. The number of rotatable bonds is 3. The maximum atomic E-state index is 11.5. The highest BCUT2D eigenvalue weighted by Gasteiger charge is 2.18. The average Bonchev–Trinajstić information content (AvgIpc) is 2.79. The summed E-state index contributed by atoms with van der Waals surface area (Å²) in [6, 6.07) is -0.311. The Hall–Kier alpha value is -1.30. The van der Waals surface area contributed by atoms with E-state index in [1.54, 1.807) is 0 Å². The lowest BCUT2D eigenvalue weighted by atomic mass is 10.1. The topological polar surface area (TPSA) is 73.5 Å². The van der Waals surface area contributed by atoms with E-state index in [2.05, 4.69) is 16.3 Å². The van der Waals surface area contributed by atoms with Crippen LogP contribution in [-0.4, -0.2) is 30.0 Å². The van der Waals surface area contributed by atoms with Gasteiger partial charge < -0.3 is 0 Å². The van der Waals surface area contributed by atoms with Crippen molar-refractivity contribution in [1.29, 1.82) is 0 Å². The van der Waals surface area contributed by atoms with E-state index < -0.39 is 0 Å². The van der Waals surface area contributed by atoms with Crippen molar-refractivity contribution in [2.24, 2.45) is 5.92 Å². The molecule has 6 nitrogen and oxygen atoms in total. The van der Waals surface area contributed by atoms with Crippen molar-refractivity contribution < 1.29 is 9.59 Å². The number of hydrazine groups is 2. The van der Waals surface area contributed by atoms with Crippen molar-refractivity contribution in [2.75, 3.05) is 13.1 Å². The second-order valence-electron chi connectivity index (χ2n) is 4.02. The largest absolute Gasteiger partial charge is 0.350 e. The highest BCUT2D eigenvalue weighted by Crippen LogP contribution is 2.03. The smallest absolute Gasteiger partial charge is 0.273 e. The monoisotopic (exact) mass is 228 g/mol. The Bertz CT molecular complexity index is 251. The number of urea groups is 1. The van der Waals surface area contributed by atoms with Crippen LogP contribution in [0.25, 0.3) is 0 Å². The molecule has 16 heavy (non-hydrogen) atoms. The Morgan fingerprint density at radius 3 is 2.75 bits per heavy atom. The maximum absolute atomic E-state index is 11.5. The lowest BCUT2D eigenvalue weighted by Crippen LogP contribution is -2.52. The van der Waals surface area contributed by atoms with Crippen molar-refractivity contribution in [3.63, 3.8) is 0 Å². The molecule has 0 aromatic rings. The molecule has 1 saturated heterocycles. The van der Waals surface area contributed by atoms with Crippen molar-refractivity contribution in [3.05, 3.63) is 0 Å². The van der Waals surface area contributed by atoms with E-state index in [1.807, 2.05) is 13.8 Å². The normalized spacial score (nSPS) is 17.0. The van der Waals surface area contributed by atoms with E-state index in [0.29, 0.717) is 6.54 Å². The van der Waals surface area contributed by atoms with Crippen LogP contribution in [0.15, 0.2) is 0 Å². The molecule has 1 rings (SSSR count). The summed E-state index contributed by atoms with van der Waals surface area (Å²) < 4.78 is 0. The molecule has 3 amide bonds. The number of hydrogen-bond acceptors (Lipinski definition) is 3. The number of carbonyl (C=O) groups excluding carboxylic acids is 2. The Balaban J connectivity index is 2.22. The fraction of sp³-hybridized carbons (Fsp3) is 0.800. The molecule has 0 aromatic carbocycles. The van der Waals surface area contributed by atoms with Gasteiger partial charge in [0.25, 0.3) is 0 Å². The third kappa shape index (κ3) is 3.69. The van der Waals surface area contributed by atoms with Crippen LogP contribution < -0.4 is 16.3 Å². The predicted molar refractivity (Wildman–Crippen MR) is 60.1 cm³/mol. The first-order chi connectivity index (χ1) is 7.65. The minimum absolute atomic E-state index is 0.0724. The van der Waals surface area contributed by atoms with Crippen molar-refractivity contribution in [2.45, 2.75) is 33.1 Å². The second-order valence-corrected chi connectivity index (χ2v) is 4.02. The Kier molecular flexibility index (Phi) is 5.04. The van der Waals surface area contributed by atoms with Gasteiger partial charge in [-0.05, 0) is 12.8 Å². The molecule has 0 aliphatic carbocycles. The molecule has 0 radical (unpaired) electrons. The van der Waals surface area contributed by atoms with Crippen LogP contribution in [0, 0.1) is 5.92 Å². The number of nitrogens with zero attached hydrogens (tertiary/aromatic N) is 1. The van der Waals surface area contributed by atoms with E-state index in [9.17, 15) is 9.59 Å². The summed E-state index contributed by atoms with van der Waals surface area (Å²) in [6.45, 7) is 5.34. The average molecular weight is 228 g/mol. The molecule has 0 bridgehead atoms. The van der Waals surface area contributed by atoms with E-state index >= 15 is 0 Å². The van der Waals surface area contributed by atoms with Crippen LogP contribution in [0.3, 0.4) is 0 Å². The summed E-state index contributed by atoms with van der Waals surface area (Å²) >= 11 is 0. The van der Waals surface area contributed by atoms with Gasteiger partial charge in [-0.25, -0.2) is 15.6 Å². The third-order valence-electron chi connectivity index (χ3n) is 2.57. The van der Waals surface area contributed by atoms with E-state index in [4.69, 9.17) is 0 Å². The molecule has 1 atom stereocenters. The first kappa shape index (κ1) is 12.8. The highest BCUT2D eigenvalue weighted by atomic mass is 16.2. The first-order valence-electron chi connectivity index (χ1n) is 5.76. The fourth-order valence-corrected chi connectivity index (χ4v) is 1.57. The van der Waals surface area contributed by atoms with Crippen molar-refractivity contribution >= 4 is 11.9 Å². The van der Waals surface area contributed by atoms with Crippen LogP contribution in [0.4, 0.5) is 4.79 Å². The lowest BCUT2D eigenvalue weighted by molar-refractivity contribution is -0.125. The van der Waals surface area contributed by atoms with Gasteiger partial charge in [-0.15, -0.1) is 0 Å². The predicted octanol–water partition coefficient (Wildman–Crippen LogP) is 0.374. The van der Waals surface area contributed by atoms with Gasteiger partial charge in [-0.3, -0.25) is 15.2 Å². The standard InChI is InChI=1S/C10H20N4O2/c1-3-5-8(2)9(15)12-13-10(16)14-7-4-6-11-14/h8,11H,3-7H2,1-2H3,(H,12,15)(H,13,16). The summed E-state index contributed by atoms with van der Waals surface area (Å²) in [6.07, 6.45) is 2.72. The first-order valence-corrected chi connectivity index (χ1v) is 5.76. The van der Waals surface area contributed by atoms with Crippen molar-refractivity contribution in [3.8, 4) is 0 Å². The zero-order chi connectivity index (χ0) is 12.0. The van der Waals surface area contributed by atoms with Gasteiger partial charge in [0.2, 0.25) is 5.91 Å². The molecular formula is C10H20N4O2. The molecule has 92 valence electrons. The zero-order valence-corrected chi connectivity index (χ0v) is 9.88. The minimum Gasteiger partial charge on any atom is -0.273 e. The van der Waals surface area contributed by atoms with Crippen LogP contribution in [0.1, 0.15) is 33.1 Å². The summed E-state index contributed by atoms with van der Waals surface area (Å²) in [5.74, 6) is -0.216. The summed E-state index contributed by atoms with van der Waals surface area (Å²) in [4.78, 5) is 23.0. The van der Waals surface area contributed by atoms with Crippen LogP contribution in [-0.2, 0) is 4.79 Å². The van der Waals surface area contributed by atoms with Gasteiger partial charge >= 0.3 is 6.03 Å². The third-order valence-corrected chi connectivity index (χ3v) is 2.57. The molecule has 1 aliphatic heterocycles. The molecule has 0 aromatic heterocycles.